The fourth-order valence-corrected chi connectivity index (χ4v) is 3.48. The highest BCUT2D eigenvalue weighted by molar-refractivity contribution is 7.98. The lowest BCUT2D eigenvalue weighted by Gasteiger charge is -2.15. The molecule has 0 saturated carbocycles. The molecule has 0 aliphatic rings. The van der Waals surface area contributed by atoms with Gasteiger partial charge in [0.25, 0.3) is 5.91 Å². The second kappa shape index (κ2) is 9.43. The van der Waals surface area contributed by atoms with Crippen molar-refractivity contribution < 1.29 is 18.8 Å². The third kappa shape index (κ3) is 5.71. The van der Waals surface area contributed by atoms with Gasteiger partial charge in [-0.1, -0.05) is 35.0 Å². The van der Waals surface area contributed by atoms with Crippen molar-refractivity contribution in [1.82, 2.24) is 5.16 Å². The number of carbonyl (C=O) groups is 2. The summed E-state index contributed by atoms with van der Waals surface area (Å²) in [6, 6.07) is 16.4. The van der Waals surface area contributed by atoms with E-state index in [0.717, 1.165) is 21.9 Å². The molecule has 150 valence electrons. The van der Waals surface area contributed by atoms with E-state index in [9.17, 15) is 9.59 Å². The number of benzene rings is 2. The summed E-state index contributed by atoms with van der Waals surface area (Å²) in [4.78, 5) is 25.7. The summed E-state index contributed by atoms with van der Waals surface area (Å²) in [5.41, 5.74) is 2.95. The molecule has 0 bridgehead atoms. The van der Waals surface area contributed by atoms with Crippen LogP contribution in [0.1, 0.15) is 34.3 Å². The Labute approximate surface area is 173 Å². The highest BCUT2D eigenvalue weighted by Crippen LogP contribution is 2.27. The second-order valence-electron chi connectivity index (χ2n) is 6.62. The van der Waals surface area contributed by atoms with Gasteiger partial charge < -0.3 is 14.6 Å². The molecule has 0 spiro atoms. The minimum Gasteiger partial charge on any atom is -0.449 e. The first-order chi connectivity index (χ1) is 13.9. The number of ether oxygens (including phenoxy) is 1. The first kappa shape index (κ1) is 20.7. The van der Waals surface area contributed by atoms with Crippen molar-refractivity contribution in [1.29, 1.82) is 0 Å². The molecule has 29 heavy (non-hydrogen) atoms. The van der Waals surface area contributed by atoms with E-state index in [1.165, 1.54) is 11.8 Å². The summed E-state index contributed by atoms with van der Waals surface area (Å²) < 4.78 is 10.5. The summed E-state index contributed by atoms with van der Waals surface area (Å²) in [5.74, 6) is 0.369. The fraction of sp³-hybridized carbons (Fsp3) is 0.227. The van der Waals surface area contributed by atoms with Gasteiger partial charge >= 0.3 is 5.97 Å². The Morgan fingerprint density at radius 2 is 1.86 bits per heavy atom. The van der Waals surface area contributed by atoms with Crippen molar-refractivity contribution in [2.24, 2.45) is 0 Å². The molecule has 2 aromatic carbocycles. The zero-order valence-electron chi connectivity index (χ0n) is 16.5. The SMILES string of the molecule is Cc1ccc(NC(=O)[C@H](C)OC(=O)c2ccccc2SCc2cc(C)on2)cc1. The van der Waals surface area contributed by atoms with Gasteiger partial charge in [-0.25, -0.2) is 4.79 Å². The molecule has 3 aromatic rings. The molecule has 1 amide bonds. The van der Waals surface area contributed by atoms with Crippen LogP contribution in [-0.2, 0) is 15.3 Å². The molecule has 7 heteroatoms. The van der Waals surface area contributed by atoms with Gasteiger partial charge in [-0.05, 0) is 45.0 Å². The summed E-state index contributed by atoms with van der Waals surface area (Å²) in [6.45, 7) is 5.35. The molecule has 0 saturated heterocycles. The van der Waals surface area contributed by atoms with Gasteiger partial charge in [0, 0.05) is 22.4 Å². The van der Waals surface area contributed by atoms with Crippen LogP contribution in [0.25, 0.3) is 0 Å². The number of thioether (sulfide) groups is 1. The van der Waals surface area contributed by atoms with Gasteiger partial charge in [-0.15, -0.1) is 11.8 Å². The molecule has 0 aliphatic heterocycles. The summed E-state index contributed by atoms with van der Waals surface area (Å²) >= 11 is 1.46. The number of rotatable bonds is 7. The van der Waals surface area contributed by atoms with E-state index in [-0.39, 0.29) is 5.91 Å². The predicted molar refractivity (Wildman–Crippen MR) is 112 cm³/mol. The van der Waals surface area contributed by atoms with Crippen LogP contribution < -0.4 is 5.32 Å². The number of nitrogens with one attached hydrogen (secondary N) is 1. The minimum atomic E-state index is -0.931. The Kier molecular flexibility index (Phi) is 6.72. The molecule has 0 fully saturated rings. The Bertz CT molecular complexity index is 998. The van der Waals surface area contributed by atoms with Crippen molar-refractivity contribution in [3.8, 4) is 0 Å². The predicted octanol–water partition coefficient (Wildman–Crippen LogP) is 4.77. The van der Waals surface area contributed by atoms with E-state index < -0.39 is 12.1 Å². The standard InChI is InChI=1S/C22H22N2O4S/c1-14-8-10-17(11-9-14)23-21(25)16(3)27-22(26)19-6-4-5-7-20(19)29-13-18-12-15(2)28-24-18/h4-12,16H,13H2,1-3H3,(H,23,25)/t16-/m0/s1. The summed E-state index contributed by atoms with van der Waals surface area (Å²) in [6.07, 6.45) is -0.931. The number of anilines is 1. The first-order valence-corrected chi connectivity index (χ1v) is 10.1. The van der Waals surface area contributed by atoms with Crippen LogP contribution in [0, 0.1) is 13.8 Å². The van der Waals surface area contributed by atoms with Gasteiger partial charge in [0.15, 0.2) is 6.10 Å². The lowest BCUT2D eigenvalue weighted by molar-refractivity contribution is -0.123. The molecule has 6 nitrogen and oxygen atoms in total. The Morgan fingerprint density at radius 3 is 2.55 bits per heavy atom. The van der Waals surface area contributed by atoms with E-state index >= 15 is 0 Å². The molecule has 3 rings (SSSR count). The number of hydrogen-bond acceptors (Lipinski definition) is 6. The highest BCUT2D eigenvalue weighted by Gasteiger charge is 2.21. The normalized spacial score (nSPS) is 11.7. The van der Waals surface area contributed by atoms with E-state index in [0.29, 0.717) is 17.0 Å². The van der Waals surface area contributed by atoms with Gasteiger partial charge in [0.1, 0.15) is 5.76 Å². The number of amides is 1. The number of hydrogen-bond donors (Lipinski definition) is 1. The van der Waals surface area contributed by atoms with Crippen LogP contribution in [0.5, 0.6) is 0 Å². The van der Waals surface area contributed by atoms with E-state index in [1.54, 1.807) is 31.2 Å². The maximum absolute atomic E-state index is 12.6. The van der Waals surface area contributed by atoms with Gasteiger partial charge in [-0.2, -0.15) is 0 Å². The van der Waals surface area contributed by atoms with Crippen LogP contribution >= 0.6 is 11.8 Å². The molecule has 1 aromatic heterocycles. The van der Waals surface area contributed by atoms with Crippen molar-refractivity contribution >= 4 is 29.3 Å². The van der Waals surface area contributed by atoms with E-state index in [4.69, 9.17) is 9.26 Å². The van der Waals surface area contributed by atoms with Crippen LogP contribution in [0.3, 0.4) is 0 Å². The Morgan fingerprint density at radius 1 is 1.14 bits per heavy atom. The molecule has 1 atom stereocenters. The van der Waals surface area contributed by atoms with Gasteiger partial charge in [-0.3, -0.25) is 4.79 Å². The third-order valence-electron chi connectivity index (χ3n) is 4.13. The summed E-state index contributed by atoms with van der Waals surface area (Å²) in [5, 5.41) is 6.71. The zero-order valence-corrected chi connectivity index (χ0v) is 17.3. The molecular weight excluding hydrogens is 388 g/mol. The number of esters is 1. The first-order valence-electron chi connectivity index (χ1n) is 9.15. The number of aryl methyl sites for hydroxylation is 2. The quantitative estimate of drug-likeness (QED) is 0.446. The lowest BCUT2D eigenvalue weighted by Crippen LogP contribution is -2.30. The van der Waals surface area contributed by atoms with Crippen LogP contribution in [0.2, 0.25) is 0 Å². The van der Waals surface area contributed by atoms with Crippen molar-refractivity contribution in [2.45, 2.75) is 37.5 Å². The Balaban J connectivity index is 1.62. The summed E-state index contributed by atoms with van der Waals surface area (Å²) in [7, 11) is 0. The van der Waals surface area contributed by atoms with Crippen molar-refractivity contribution in [3.05, 3.63) is 77.2 Å². The molecule has 0 radical (unpaired) electrons. The van der Waals surface area contributed by atoms with Crippen LogP contribution in [-0.4, -0.2) is 23.1 Å². The average Bonchev–Trinajstić information content (AvgIpc) is 3.13. The zero-order chi connectivity index (χ0) is 20.8. The smallest absolute Gasteiger partial charge is 0.340 e. The Hall–Kier alpha value is -3.06. The van der Waals surface area contributed by atoms with Crippen molar-refractivity contribution in [2.75, 3.05) is 5.32 Å². The van der Waals surface area contributed by atoms with E-state index in [2.05, 4.69) is 10.5 Å². The van der Waals surface area contributed by atoms with E-state index in [1.807, 2.05) is 44.2 Å². The molecule has 0 aliphatic carbocycles. The average molecular weight is 410 g/mol. The fourth-order valence-electron chi connectivity index (χ4n) is 2.56. The number of nitrogens with zero attached hydrogens (tertiary/aromatic N) is 1. The maximum atomic E-state index is 12.6. The number of carbonyl (C=O) groups excluding carboxylic acids is 2. The van der Waals surface area contributed by atoms with Crippen LogP contribution in [0.15, 0.2) is 64.0 Å². The molecule has 1 N–H and O–H groups in total. The highest BCUT2D eigenvalue weighted by atomic mass is 32.2. The maximum Gasteiger partial charge on any atom is 0.340 e. The topological polar surface area (TPSA) is 81.4 Å². The van der Waals surface area contributed by atoms with Crippen molar-refractivity contribution in [3.63, 3.8) is 0 Å². The monoisotopic (exact) mass is 410 g/mol. The minimum absolute atomic E-state index is 0.384. The lowest BCUT2D eigenvalue weighted by atomic mass is 10.2. The molecular formula is C22H22N2O4S. The number of aromatic nitrogens is 1. The van der Waals surface area contributed by atoms with Gasteiger partial charge in [0.2, 0.25) is 0 Å². The third-order valence-corrected chi connectivity index (χ3v) is 5.24. The second-order valence-corrected chi connectivity index (χ2v) is 7.63. The largest absolute Gasteiger partial charge is 0.449 e. The van der Waals surface area contributed by atoms with Gasteiger partial charge in [0.05, 0.1) is 11.3 Å². The molecule has 0 unspecified atom stereocenters. The van der Waals surface area contributed by atoms with Crippen LogP contribution in [0.4, 0.5) is 5.69 Å². The molecule has 1 heterocycles.